The van der Waals surface area contributed by atoms with Crippen LogP contribution in [0, 0.1) is 23.2 Å². The Morgan fingerprint density at radius 1 is 1.37 bits per heavy atom. The summed E-state index contributed by atoms with van der Waals surface area (Å²) in [5, 5.41) is 17.1. The summed E-state index contributed by atoms with van der Waals surface area (Å²) in [6.45, 7) is 0.567. The summed E-state index contributed by atoms with van der Waals surface area (Å²) < 4.78 is 30.6. The van der Waals surface area contributed by atoms with Crippen molar-refractivity contribution in [3.63, 3.8) is 0 Å². The van der Waals surface area contributed by atoms with Crippen LogP contribution >= 0.6 is 22.9 Å². The molecule has 0 spiro atoms. The Hall–Kier alpha value is -2.71. The van der Waals surface area contributed by atoms with Gasteiger partial charge >= 0.3 is 0 Å². The zero-order chi connectivity index (χ0) is 24.9. The lowest BCUT2D eigenvalue weighted by Crippen LogP contribution is -2.68. The smallest absolute Gasteiger partial charge is 0.271 e. The Morgan fingerprint density at radius 3 is 2.86 bits per heavy atom. The summed E-state index contributed by atoms with van der Waals surface area (Å²) in [5.41, 5.74) is 0.766. The normalized spacial score (nSPS) is 28.4. The quantitative estimate of drug-likeness (QED) is 0.556. The van der Waals surface area contributed by atoms with Crippen LogP contribution in [0.4, 0.5) is 8.78 Å². The minimum Gasteiger partial charge on any atom is -0.356 e. The largest absolute Gasteiger partial charge is 0.356 e. The van der Waals surface area contributed by atoms with Crippen LogP contribution in [0.3, 0.4) is 0 Å². The molecular weight excluding hydrogens is 500 g/mol. The monoisotopic (exact) mass is 523 g/mol. The fraction of sp³-hybridized carbons (Fsp3) is 0.565. The molecule has 3 N–H and O–H groups in total. The summed E-state index contributed by atoms with van der Waals surface area (Å²) in [6, 6.07) is 0.338. The third-order valence-corrected chi connectivity index (χ3v) is 8.73. The molecule has 8 nitrogen and oxygen atoms in total. The van der Waals surface area contributed by atoms with E-state index in [1.807, 2.05) is 6.07 Å². The summed E-state index contributed by atoms with van der Waals surface area (Å²) in [4.78, 5) is 43.2. The highest BCUT2D eigenvalue weighted by atomic mass is 35.5. The molecule has 4 fully saturated rings. The number of fused-ring (bicyclic) bond motifs is 4. The Morgan fingerprint density at radius 2 is 2.17 bits per heavy atom. The van der Waals surface area contributed by atoms with Crippen molar-refractivity contribution in [3.8, 4) is 6.07 Å². The molecule has 5 atom stereocenters. The molecule has 3 amide bonds. The molecule has 1 saturated carbocycles. The average Bonchev–Trinajstić information content (AvgIpc) is 3.40. The van der Waals surface area contributed by atoms with Gasteiger partial charge in [0.05, 0.1) is 27.2 Å². The van der Waals surface area contributed by atoms with Crippen LogP contribution in [-0.4, -0.2) is 58.2 Å². The van der Waals surface area contributed by atoms with Crippen LogP contribution in [-0.2, 0) is 9.59 Å². The Bertz CT molecular complexity index is 1220. The van der Waals surface area contributed by atoms with E-state index in [1.165, 1.54) is 16.2 Å². The molecule has 0 radical (unpaired) electrons. The molecule has 6 rings (SSSR count). The van der Waals surface area contributed by atoms with Crippen LogP contribution in [0.25, 0.3) is 10.2 Å². The number of thiophene rings is 1. The van der Waals surface area contributed by atoms with Crippen LogP contribution in [0.15, 0.2) is 11.4 Å². The molecule has 2 bridgehead atoms. The molecule has 5 heterocycles. The van der Waals surface area contributed by atoms with Gasteiger partial charge in [0.25, 0.3) is 11.8 Å². The first-order valence-corrected chi connectivity index (χ1v) is 12.9. The standard InChI is InChI=1S/C23H24ClF2N5O3S/c24-15-10-35-17-7-16(30-18(15)17)22(34)31-13-3-4-14(23(25,26)8-13)19(31)21(33)29-12(9-27)6-11-2-1-5-28-20(11)32/h7,10-14,19,30H,1-6,8H2,(H,28,32)(H,29,33)/t11-,12-,13+,14+,19+/m1/s1. The number of alkyl halides is 2. The highest BCUT2D eigenvalue weighted by Gasteiger charge is 2.60. The van der Waals surface area contributed by atoms with Gasteiger partial charge in [0.15, 0.2) is 0 Å². The number of amides is 3. The van der Waals surface area contributed by atoms with E-state index in [9.17, 15) is 28.4 Å². The molecule has 3 saturated heterocycles. The molecule has 35 heavy (non-hydrogen) atoms. The number of halogens is 3. The fourth-order valence-electron chi connectivity index (χ4n) is 5.68. The second kappa shape index (κ2) is 9.06. The zero-order valence-corrected chi connectivity index (χ0v) is 20.2. The van der Waals surface area contributed by atoms with Gasteiger partial charge in [-0.05, 0) is 38.2 Å². The topological polar surface area (TPSA) is 118 Å². The summed E-state index contributed by atoms with van der Waals surface area (Å²) in [6.07, 6.45) is 1.41. The van der Waals surface area contributed by atoms with E-state index < -0.39 is 54.1 Å². The maximum atomic E-state index is 14.9. The fourth-order valence-corrected chi connectivity index (χ4v) is 6.83. The van der Waals surface area contributed by atoms with Crippen LogP contribution in [0.1, 0.15) is 49.0 Å². The number of carbonyl (C=O) groups excluding carboxylic acids is 3. The van der Waals surface area contributed by atoms with Crippen LogP contribution in [0.5, 0.6) is 0 Å². The summed E-state index contributed by atoms with van der Waals surface area (Å²) in [7, 11) is 0. The van der Waals surface area contributed by atoms with Gasteiger partial charge in [0, 0.05) is 30.3 Å². The zero-order valence-electron chi connectivity index (χ0n) is 18.7. The molecule has 3 aliphatic heterocycles. The van der Waals surface area contributed by atoms with E-state index in [1.54, 1.807) is 11.4 Å². The van der Waals surface area contributed by atoms with Crippen molar-refractivity contribution >= 4 is 50.9 Å². The molecule has 4 aliphatic rings. The first kappa shape index (κ1) is 24.0. The number of piperidine rings is 3. The predicted octanol–water partition coefficient (Wildman–Crippen LogP) is 3.44. The first-order valence-electron chi connectivity index (χ1n) is 11.6. The number of aromatic nitrogens is 1. The van der Waals surface area contributed by atoms with Crippen molar-refractivity contribution in [2.45, 2.75) is 62.6 Å². The van der Waals surface area contributed by atoms with Gasteiger partial charge in [-0.15, -0.1) is 11.3 Å². The summed E-state index contributed by atoms with van der Waals surface area (Å²) >= 11 is 7.50. The molecule has 2 aromatic heterocycles. The van der Waals surface area contributed by atoms with Gasteiger partial charge < -0.3 is 20.5 Å². The van der Waals surface area contributed by atoms with Crippen molar-refractivity contribution in [1.82, 2.24) is 20.5 Å². The molecule has 12 heteroatoms. The van der Waals surface area contributed by atoms with Crippen LogP contribution in [0.2, 0.25) is 5.02 Å². The second-order valence-corrected chi connectivity index (χ2v) is 10.8. The Balaban J connectivity index is 1.40. The van der Waals surface area contributed by atoms with E-state index in [-0.39, 0.29) is 24.4 Å². The van der Waals surface area contributed by atoms with Gasteiger partial charge in [0.1, 0.15) is 17.8 Å². The number of nitrogens with one attached hydrogen (secondary N) is 3. The summed E-state index contributed by atoms with van der Waals surface area (Å²) in [5.74, 6) is -6.42. The Labute approximate surface area is 209 Å². The highest BCUT2D eigenvalue weighted by molar-refractivity contribution is 7.17. The first-order chi connectivity index (χ1) is 16.7. The van der Waals surface area contributed by atoms with E-state index in [4.69, 9.17) is 11.6 Å². The third kappa shape index (κ3) is 4.27. The SMILES string of the molecule is N#C[C@@H](C[C@H]1CCCNC1=O)NC(=O)[C@@H]1[C@@H]2CC[C@@H](CC2(F)F)N1C(=O)c1cc2scc(Cl)c2[nH]1. The van der Waals surface area contributed by atoms with Crippen molar-refractivity contribution < 1.29 is 23.2 Å². The number of H-pyrrole nitrogens is 1. The minimum absolute atomic E-state index is 0.0879. The minimum atomic E-state index is -3.10. The number of hydrogen-bond donors (Lipinski definition) is 3. The van der Waals surface area contributed by atoms with Gasteiger partial charge in [-0.1, -0.05) is 11.6 Å². The number of rotatable bonds is 5. The average molecular weight is 524 g/mol. The number of nitrogens with zero attached hydrogens (tertiary/aromatic N) is 2. The van der Waals surface area contributed by atoms with Crippen molar-refractivity contribution in [2.24, 2.45) is 11.8 Å². The maximum Gasteiger partial charge on any atom is 0.271 e. The number of carbonyl (C=O) groups is 3. The molecule has 186 valence electrons. The second-order valence-electron chi connectivity index (χ2n) is 9.52. The van der Waals surface area contributed by atoms with Crippen molar-refractivity contribution in [3.05, 3.63) is 22.2 Å². The van der Waals surface area contributed by atoms with Gasteiger partial charge in [0.2, 0.25) is 11.8 Å². The third-order valence-electron chi connectivity index (χ3n) is 7.37. The van der Waals surface area contributed by atoms with Crippen LogP contribution < -0.4 is 10.6 Å². The van der Waals surface area contributed by atoms with E-state index in [0.717, 1.165) is 11.1 Å². The van der Waals surface area contributed by atoms with E-state index in [2.05, 4.69) is 15.6 Å². The number of aromatic amines is 1. The molecule has 0 aromatic carbocycles. The van der Waals surface area contributed by atoms with Gasteiger partial charge in [-0.3, -0.25) is 14.4 Å². The van der Waals surface area contributed by atoms with Crippen molar-refractivity contribution in [2.75, 3.05) is 6.54 Å². The van der Waals surface area contributed by atoms with E-state index >= 15 is 0 Å². The lowest BCUT2D eigenvalue weighted by Gasteiger charge is -2.53. The van der Waals surface area contributed by atoms with Gasteiger partial charge in [-0.2, -0.15) is 5.26 Å². The number of hydrogen-bond acceptors (Lipinski definition) is 5. The van der Waals surface area contributed by atoms with Crippen molar-refractivity contribution in [1.29, 1.82) is 5.26 Å². The molecule has 1 aliphatic carbocycles. The van der Waals surface area contributed by atoms with Gasteiger partial charge in [-0.25, -0.2) is 8.78 Å². The predicted molar refractivity (Wildman–Crippen MR) is 125 cm³/mol. The highest BCUT2D eigenvalue weighted by Crippen LogP contribution is 2.49. The number of nitriles is 1. The molecule has 0 unspecified atom stereocenters. The maximum absolute atomic E-state index is 14.9. The lowest BCUT2D eigenvalue weighted by molar-refractivity contribution is -0.179. The lowest BCUT2D eigenvalue weighted by atomic mass is 9.71. The van der Waals surface area contributed by atoms with E-state index in [0.29, 0.717) is 29.9 Å². The Kier molecular flexibility index (Phi) is 6.21. The molecular formula is C23H24ClF2N5O3S. The molecule has 2 aromatic rings.